The van der Waals surface area contributed by atoms with E-state index in [1.165, 1.54) is 0 Å². The lowest BCUT2D eigenvalue weighted by Gasteiger charge is -2.05. The Balaban J connectivity index is 0.00000144. The molecule has 1 aromatic rings. The topological polar surface area (TPSA) is 64.9 Å². The van der Waals surface area contributed by atoms with Crippen molar-refractivity contribution in [2.24, 2.45) is 11.5 Å². The molecule has 0 aromatic carbocycles. The van der Waals surface area contributed by atoms with Crippen molar-refractivity contribution in [3.05, 3.63) is 29.6 Å². The predicted molar refractivity (Wildman–Crippen MR) is 56.7 cm³/mol. The van der Waals surface area contributed by atoms with E-state index < -0.39 is 0 Å². The van der Waals surface area contributed by atoms with Crippen LogP contribution in [0.4, 0.5) is 0 Å². The molecule has 1 rings (SSSR count). The van der Waals surface area contributed by atoms with Crippen molar-refractivity contribution in [2.45, 2.75) is 25.9 Å². The van der Waals surface area contributed by atoms with Crippen LogP contribution in [0.3, 0.4) is 0 Å². The summed E-state index contributed by atoms with van der Waals surface area (Å²) in [5.74, 6) is 0. The Hall–Kier alpha value is -0.640. The van der Waals surface area contributed by atoms with Crippen molar-refractivity contribution in [1.29, 1.82) is 0 Å². The third-order valence-corrected chi connectivity index (χ3v) is 1.64. The second-order valence-electron chi connectivity index (χ2n) is 3.09. The maximum absolute atomic E-state index is 5.66. The van der Waals surface area contributed by atoms with Crippen LogP contribution in [-0.2, 0) is 13.0 Å². The fourth-order valence-electron chi connectivity index (χ4n) is 1.14. The Morgan fingerprint density at radius 1 is 1.38 bits per heavy atom. The van der Waals surface area contributed by atoms with Gasteiger partial charge in [0.1, 0.15) is 0 Å². The van der Waals surface area contributed by atoms with Gasteiger partial charge in [0, 0.05) is 25.0 Å². The van der Waals surface area contributed by atoms with Gasteiger partial charge in [-0.05, 0) is 24.5 Å². The van der Waals surface area contributed by atoms with Crippen molar-refractivity contribution in [2.75, 3.05) is 0 Å². The smallest absolute Gasteiger partial charge is 0.0312 e. The molecule has 3 nitrogen and oxygen atoms in total. The molecule has 0 spiro atoms. The van der Waals surface area contributed by atoms with E-state index in [-0.39, 0.29) is 18.4 Å². The minimum atomic E-state index is 0. The summed E-state index contributed by atoms with van der Waals surface area (Å²) < 4.78 is 0. The molecule has 74 valence electrons. The molecule has 0 saturated heterocycles. The van der Waals surface area contributed by atoms with Gasteiger partial charge in [0.05, 0.1) is 0 Å². The minimum absolute atomic E-state index is 0. The second-order valence-corrected chi connectivity index (χ2v) is 3.09. The standard InChI is InChI=1S/C9H15N3.ClH/c1-7(11)2-8-3-9(4-10)6-12-5-8;/h3,5-7H,2,4,10-11H2,1H3;1H. The van der Waals surface area contributed by atoms with E-state index in [0.29, 0.717) is 6.54 Å². The first kappa shape index (κ1) is 12.4. The van der Waals surface area contributed by atoms with E-state index in [1.807, 2.05) is 13.1 Å². The molecule has 1 atom stereocenters. The molecule has 1 heterocycles. The fourth-order valence-corrected chi connectivity index (χ4v) is 1.14. The maximum Gasteiger partial charge on any atom is 0.0312 e. The lowest BCUT2D eigenvalue weighted by Crippen LogP contribution is -2.18. The van der Waals surface area contributed by atoms with Crippen LogP contribution in [0.1, 0.15) is 18.1 Å². The van der Waals surface area contributed by atoms with Gasteiger partial charge in [-0.1, -0.05) is 6.07 Å². The van der Waals surface area contributed by atoms with Crippen LogP contribution < -0.4 is 11.5 Å². The van der Waals surface area contributed by atoms with Gasteiger partial charge in [0.2, 0.25) is 0 Å². The second kappa shape index (κ2) is 5.91. The number of pyridine rings is 1. The molecular formula is C9H16ClN3. The van der Waals surface area contributed by atoms with E-state index in [4.69, 9.17) is 11.5 Å². The molecule has 0 amide bonds. The van der Waals surface area contributed by atoms with Crippen LogP contribution >= 0.6 is 12.4 Å². The molecule has 1 unspecified atom stereocenters. The zero-order valence-electron chi connectivity index (χ0n) is 7.73. The Bertz CT molecular complexity index is 250. The fraction of sp³-hybridized carbons (Fsp3) is 0.444. The minimum Gasteiger partial charge on any atom is -0.328 e. The van der Waals surface area contributed by atoms with Gasteiger partial charge in [0.25, 0.3) is 0 Å². The zero-order valence-corrected chi connectivity index (χ0v) is 8.55. The third-order valence-electron chi connectivity index (χ3n) is 1.64. The van der Waals surface area contributed by atoms with E-state index in [1.54, 1.807) is 6.20 Å². The number of halogens is 1. The third kappa shape index (κ3) is 4.22. The number of nitrogens with zero attached hydrogens (tertiary/aromatic N) is 1. The first-order chi connectivity index (χ1) is 5.72. The Labute approximate surface area is 84.9 Å². The number of rotatable bonds is 3. The first-order valence-corrected chi connectivity index (χ1v) is 4.11. The van der Waals surface area contributed by atoms with Crippen molar-refractivity contribution < 1.29 is 0 Å². The summed E-state index contributed by atoms with van der Waals surface area (Å²) in [5.41, 5.74) is 13.4. The predicted octanol–water partition coefficient (Wildman–Crippen LogP) is 0.852. The van der Waals surface area contributed by atoms with Gasteiger partial charge in [-0.2, -0.15) is 0 Å². The Morgan fingerprint density at radius 3 is 2.54 bits per heavy atom. The van der Waals surface area contributed by atoms with Crippen LogP contribution in [0.5, 0.6) is 0 Å². The van der Waals surface area contributed by atoms with E-state index >= 15 is 0 Å². The van der Waals surface area contributed by atoms with Crippen molar-refractivity contribution in [3.63, 3.8) is 0 Å². The lowest BCUT2D eigenvalue weighted by molar-refractivity contribution is 0.734. The molecule has 0 aliphatic heterocycles. The molecule has 0 radical (unpaired) electrons. The van der Waals surface area contributed by atoms with E-state index in [2.05, 4.69) is 11.1 Å². The molecule has 4 heteroatoms. The Kier molecular flexibility index (Phi) is 5.62. The summed E-state index contributed by atoms with van der Waals surface area (Å²) in [6.45, 7) is 2.52. The van der Waals surface area contributed by atoms with E-state index in [0.717, 1.165) is 17.5 Å². The molecule has 0 aliphatic carbocycles. The van der Waals surface area contributed by atoms with Gasteiger partial charge in [0.15, 0.2) is 0 Å². The molecule has 13 heavy (non-hydrogen) atoms. The van der Waals surface area contributed by atoms with Crippen LogP contribution in [0.15, 0.2) is 18.5 Å². The highest BCUT2D eigenvalue weighted by Gasteiger charge is 1.98. The van der Waals surface area contributed by atoms with Crippen LogP contribution in [0, 0.1) is 0 Å². The summed E-state index contributed by atoms with van der Waals surface area (Å²) >= 11 is 0. The van der Waals surface area contributed by atoms with Gasteiger partial charge in [-0.3, -0.25) is 4.98 Å². The van der Waals surface area contributed by atoms with Gasteiger partial charge in [-0.25, -0.2) is 0 Å². The van der Waals surface area contributed by atoms with E-state index in [9.17, 15) is 0 Å². The van der Waals surface area contributed by atoms with Gasteiger partial charge < -0.3 is 11.5 Å². The molecule has 0 bridgehead atoms. The summed E-state index contributed by atoms with van der Waals surface area (Å²) in [5, 5.41) is 0. The first-order valence-electron chi connectivity index (χ1n) is 4.11. The molecular weight excluding hydrogens is 186 g/mol. The highest BCUT2D eigenvalue weighted by molar-refractivity contribution is 5.85. The monoisotopic (exact) mass is 201 g/mol. The van der Waals surface area contributed by atoms with Crippen molar-refractivity contribution in [1.82, 2.24) is 4.98 Å². The van der Waals surface area contributed by atoms with Crippen LogP contribution in [-0.4, -0.2) is 11.0 Å². The summed E-state index contributed by atoms with van der Waals surface area (Å²) in [6, 6.07) is 2.23. The van der Waals surface area contributed by atoms with Crippen molar-refractivity contribution >= 4 is 12.4 Å². The summed E-state index contributed by atoms with van der Waals surface area (Å²) in [7, 11) is 0. The number of aromatic nitrogens is 1. The highest BCUT2D eigenvalue weighted by Crippen LogP contribution is 2.03. The van der Waals surface area contributed by atoms with Gasteiger partial charge in [-0.15, -0.1) is 12.4 Å². The lowest BCUT2D eigenvalue weighted by atomic mass is 10.1. The maximum atomic E-state index is 5.66. The van der Waals surface area contributed by atoms with Crippen molar-refractivity contribution in [3.8, 4) is 0 Å². The van der Waals surface area contributed by atoms with Crippen LogP contribution in [0.25, 0.3) is 0 Å². The zero-order chi connectivity index (χ0) is 8.97. The Morgan fingerprint density at radius 2 is 2.00 bits per heavy atom. The molecule has 0 saturated carbocycles. The molecule has 1 aromatic heterocycles. The van der Waals surface area contributed by atoms with Gasteiger partial charge >= 0.3 is 0 Å². The summed E-state index contributed by atoms with van der Waals surface area (Å²) in [4.78, 5) is 4.07. The molecule has 4 N–H and O–H groups in total. The SMILES string of the molecule is CC(N)Cc1cncc(CN)c1.Cl. The molecule has 0 aliphatic rings. The average molecular weight is 202 g/mol. The summed E-state index contributed by atoms with van der Waals surface area (Å²) in [6.07, 6.45) is 4.48. The number of nitrogens with two attached hydrogens (primary N) is 2. The molecule has 0 fully saturated rings. The van der Waals surface area contributed by atoms with Crippen LogP contribution in [0.2, 0.25) is 0 Å². The normalized spacial score (nSPS) is 11.9. The highest BCUT2D eigenvalue weighted by atomic mass is 35.5. The number of hydrogen-bond donors (Lipinski definition) is 2. The quantitative estimate of drug-likeness (QED) is 0.762. The largest absolute Gasteiger partial charge is 0.328 e. The average Bonchev–Trinajstić information content (AvgIpc) is 2.03. The number of hydrogen-bond acceptors (Lipinski definition) is 3.